The van der Waals surface area contributed by atoms with Crippen molar-refractivity contribution < 1.29 is 28.8 Å². The maximum atomic E-state index is 12.7. The number of hydrogen-bond donors (Lipinski definition) is 2. The van der Waals surface area contributed by atoms with Crippen molar-refractivity contribution in [1.82, 2.24) is 9.80 Å². The van der Waals surface area contributed by atoms with Crippen LogP contribution < -0.4 is 19.9 Å². The summed E-state index contributed by atoms with van der Waals surface area (Å²) in [4.78, 5) is 17.1. The fraction of sp³-hybridized carbons (Fsp3) is 0.467. The van der Waals surface area contributed by atoms with E-state index in [0.29, 0.717) is 41.4 Å². The monoisotopic (exact) mass is 546 g/mol. The Labute approximate surface area is 233 Å². The highest BCUT2D eigenvalue weighted by Crippen LogP contribution is 2.57. The molecule has 2 bridgehead atoms. The van der Waals surface area contributed by atoms with Crippen molar-refractivity contribution in [3.05, 3.63) is 57.7 Å². The highest BCUT2D eigenvalue weighted by atomic mass is 16.7. The number of phenolic OH excluding ortho intramolecular Hbond substituents is 1. The third-order valence-electron chi connectivity index (χ3n) is 9.16. The van der Waals surface area contributed by atoms with Crippen LogP contribution in [-0.4, -0.2) is 66.2 Å². The molecule has 4 aliphatic rings. The zero-order valence-corrected chi connectivity index (χ0v) is 23.2. The highest BCUT2D eigenvalue weighted by Gasteiger charge is 2.56. The summed E-state index contributed by atoms with van der Waals surface area (Å²) >= 11 is 0. The minimum atomic E-state index is -0.849. The lowest BCUT2D eigenvalue weighted by molar-refractivity contribution is -0.0709. The molecule has 2 aromatic carbocycles. The van der Waals surface area contributed by atoms with Gasteiger partial charge in [-0.1, -0.05) is 18.7 Å². The van der Waals surface area contributed by atoms with E-state index < -0.39 is 18.2 Å². The fourth-order valence-corrected chi connectivity index (χ4v) is 7.30. The van der Waals surface area contributed by atoms with E-state index in [9.17, 15) is 15.2 Å². The largest absolute Gasteiger partial charge is 0.514 e. The molecule has 6 rings (SSSR count). The minimum Gasteiger partial charge on any atom is -0.507 e. The first kappa shape index (κ1) is 26.4. The molecule has 3 N–H and O–H groups in total. The number of likely N-dealkylation sites (N-methyl/N-ethyl adjacent to an activating group) is 1. The molecule has 40 heavy (non-hydrogen) atoms. The lowest BCUT2D eigenvalue weighted by Gasteiger charge is -2.60. The van der Waals surface area contributed by atoms with Crippen molar-refractivity contribution in [3.8, 4) is 29.1 Å². The summed E-state index contributed by atoms with van der Waals surface area (Å²) in [5.74, 6) is 1.72. The van der Waals surface area contributed by atoms with E-state index in [-0.39, 0.29) is 38.1 Å². The minimum absolute atomic E-state index is 0.0133. The number of carbonyl (C=O) groups excluding carboxylic acids is 1. The number of hydrogen-bond acceptors (Lipinski definition) is 10. The Bertz CT molecular complexity index is 1470. The summed E-state index contributed by atoms with van der Waals surface area (Å²) in [6.07, 6.45) is 1.69. The lowest BCUT2D eigenvalue weighted by Crippen LogP contribution is -2.68. The fourth-order valence-electron chi connectivity index (χ4n) is 7.30. The predicted molar refractivity (Wildman–Crippen MR) is 146 cm³/mol. The molecule has 0 spiro atoms. The van der Waals surface area contributed by atoms with E-state index in [1.54, 1.807) is 0 Å². The number of nitrogens with zero attached hydrogens (tertiary/aromatic N) is 3. The Kier molecular flexibility index (Phi) is 6.41. The predicted octanol–water partition coefficient (Wildman–Crippen LogP) is 3.48. The molecule has 1 fully saturated rings. The number of aryl methyl sites for hydroxylation is 1. The molecule has 5 atom stereocenters. The SMILES string of the molecule is C=CCOC(=O)Oc1c(C)c2c(c3c1CC1[C@H]4c5c(cc(C)c(C)c5O)C[C@H]([C@H](C#N)N1[C@H]3CN)N4C)OCO2. The van der Waals surface area contributed by atoms with E-state index in [2.05, 4.69) is 28.5 Å². The normalized spacial score (nSPS) is 26.2. The molecular weight excluding hydrogens is 512 g/mol. The summed E-state index contributed by atoms with van der Waals surface area (Å²) < 4.78 is 22.8. The topological polar surface area (TPSA) is 131 Å². The van der Waals surface area contributed by atoms with Gasteiger partial charge in [0.05, 0.1) is 18.2 Å². The van der Waals surface area contributed by atoms with Crippen molar-refractivity contribution in [3.63, 3.8) is 0 Å². The Morgan fingerprint density at radius 1 is 1.23 bits per heavy atom. The van der Waals surface area contributed by atoms with Gasteiger partial charge in [0.15, 0.2) is 11.5 Å². The average molecular weight is 547 g/mol. The number of piperazine rings is 1. The molecule has 4 aliphatic heterocycles. The molecule has 0 saturated carbocycles. The first-order chi connectivity index (χ1) is 19.2. The second-order valence-corrected chi connectivity index (χ2v) is 11.0. The molecule has 4 heterocycles. The summed E-state index contributed by atoms with van der Waals surface area (Å²) in [6.45, 7) is 9.59. The number of benzene rings is 2. The van der Waals surface area contributed by atoms with Gasteiger partial charge < -0.3 is 29.8 Å². The van der Waals surface area contributed by atoms with Gasteiger partial charge in [-0.25, -0.2) is 4.79 Å². The number of aromatic hydroxyl groups is 1. The smallest absolute Gasteiger partial charge is 0.507 e. The number of fused-ring (bicyclic) bond motifs is 9. The molecule has 0 amide bonds. The van der Waals surface area contributed by atoms with Crippen LogP contribution in [-0.2, 0) is 17.6 Å². The molecule has 10 heteroatoms. The maximum absolute atomic E-state index is 12.7. The van der Waals surface area contributed by atoms with Crippen molar-refractivity contribution in [2.75, 3.05) is 27.0 Å². The average Bonchev–Trinajstić information content (AvgIpc) is 3.43. The van der Waals surface area contributed by atoms with Gasteiger partial charge in [-0.05, 0) is 57.4 Å². The maximum Gasteiger partial charge on any atom is 0.514 e. The van der Waals surface area contributed by atoms with Crippen LogP contribution in [0.1, 0.15) is 51.0 Å². The van der Waals surface area contributed by atoms with Crippen molar-refractivity contribution >= 4 is 6.16 Å². The second-order valence-electron chi connectivity index (χ2n) is 11.0. The lowest BCUT2D eigenvalue weighted by atomic mass is 9.71. The van der Waals surface area contributed by atoms with Crippen LogP contribution in [0.3, 0.4) is 0 Å². The molecule has 0 radical (unpaired) electrons. The van der Waals surface area contributed by atoms with Gasteiger partial charge in [0.2, 0.25) is 6.79 Å². The molecule has 2 aromatic rings. The highest BCUT2D eigenvalue weighted by molar-refractivity contribution is 5.72. The summed E-state index contributed by atoms with van der Waals surface area (Å²) in [7, 11) is 2.02. The van der Waals surface area contributed by atoms with Crippen LogP contribution in [0.4, 0.5) is 4.79 Å². The summed E-state index contributed by atoms with van der Waals surface area (Å²) in [5, 5.41) is 22.0. The van der Waals surface area contributed by atoms with Crippen LogP contribution in [0.5, 0.6) is 23.0 Å². The molecule has 1 saturated heterocycles. The first-order valence-corrected chi connectivity index (χ1v) is 13.5. The van der Waals surface area contributed by atoms with Crippen molar-refractivity contribution in [2.24, 2.45) is 5.73 Å². The Balaban J connectivity index is 1.57. The van der Waals surface area contributed by atoms with Gasteiger partial charge >= 0.3 is 6.16 Å². The standard InChI is InChI=1S/C30H34N4O6/c1-6-7-37-30(36)40-27-16(4)28-29(39-13-38-28)24-18(27)10-20-25-23-17(8-14(2)15(3)26(23)35)9-19(33(25)5)21(11-31)34(20)22(24)12-32/h6,8,19-22,25,35H,1,7,9-10,12-13,32H2,2-5H3/t19-,20?,21+,22+,25+/m1/s1. The zero-order valence-electron chi connectivity index (χ0n) is 23.2. The second kappa shape index (κ2) is 9.70. The van der Waals surface area contributed by atoms with Crippen LogP contribution in [0.2, 0.25) is 0 Å². The van der Waals surface area contributed by atoms with Gasteiger partial charge in [0.1, 0.15) is 24.1 Å². The number of ether oxygens (including phenoxy) is 4. The Morgan fingerprint density at radius 3 is 2.67 bits per heavy atom. The molecule has 0 aliphatic carbocycles. The van der Waals surface area contributed by atoms with Gasteiger partial charge in [-0.15, -0.1) is 0 Å². The third-order valence-corrected chi connectivity index (χ3v) is 9.16. The van der Waals surface area contributed by atoms with Crippen molar-refractivity contribution in [1.29, 1.82) is 5.26 Å². The van der Waals surface area contributed by atoms with E-state index >= 15 is 0 Å². The Morgan fingerprint density at radius 2 is 1.98 bits per heavy atom. The molecule has 10 nitrogen and oxygen atoms in total. The van der Waals surface area contributed by atoms with Crippen molar-refractivity contribution in [2.45, 2.75) is 63.8 Å². The van der Waals surface area contributed by atoms with Crippen LogP contribution in [0.15, 0.2) is 18.7 Å². The molecule has 0 aromatic heterocycles. The number of carbonyl (C=O) groups is 1. The quantitative estimate of drug-likeness (QED) is 0.334. The third kappa shape index (κ3) is 3.61. The van der Waals surface area contributed by atoms with E-state index in [4.69, 9.17) is 24.7 Å². The molecule has 1 unspecified atom stereocenters. The number of nitriles is 1. The summed E-state index contributed by atoms with van der Waals surface area (Å²) in [5.41, 5.74) is 12.5. The summed E-state index contributed by atoms with van der Waals surface area (Å²) in [6, 6.07) is 3.29. The number of rotatable bonds is 4. The number of phenols is 1. The van der Waals surface area contributed by atoms with Crippen LogP contribution >= 0.6 is 0 Å². The van der Waals surface area contributed by atoms with E-state index in [0.717, 1.165) is 33.4 Å². The van der Waals surface area contributed by atoms with E-state index in [1.807, 2.05) is 27.8 Å². The van der Waals surface area contributed by atoms with E-state index in [1.165, 1.54) is 6.08 Å². The number of nitrogens with two attached hydrogens (primary N) is 1. The van der Waals surface area contributed by atoms with Crippen LogP contribution in [0, 0.1) is 32.1 Å². The van der Waals surface area contributed by atoms with Gasteiger partial charge in [-0.3, -0.25) is 9.80 Å². The molecular formula is C30H34N4O6. The zero-order chi connectivity index (χ0) is 28.5. The van der Waals surface area contributed by atoms with Crippen LogP contribution in [0.25, 0.3) is 0 Å². The van der Waals surface area contributed by atoms with Gasteiger partial charge in [-0.2, -0.15) is 5.26 Å². The van der Waals surface area contributed by atoms with Gasteiger partial charge in [0.25, 0.3) is 0 Å². The molecule has 210 valence electrons. The first-order valence-electron chi connectivity index (χ1n) is 13.5. The Hall–Kier alpha value is -3.78. The van der Waals surface area contributed by atoms with Gasteiger partial charge in [0, 0.05) is 40.9 Å².